The zero-order valence-electron chi connectivity index (χ0n) is 13.5. The molecule has 0 fully saturated rings. The van der Waals surface area contributed by atoms with Crippen LogP contribution in [0.15, 0.2) is 35.6 Å². The van der Waals surface area contributed by atoms with Crippen LogP contribution in [-0.4, -0.2) is 28.2 Å². The maximum Gasteiger partial charge on any atom is 0.390 e. The van der Waals surface area contributed by atoms with E-state index >= 15 is 0 Å². The fourth-order valence-electron chi connectivity index (χ4n) is 2.57. The molecule has 1 aromatic heterocycles. The van der Waals surface area contributed by atoms with Crippen LogP contribution in [0, 0.1) is 0 Å². The van der Waals surface area contributed by atoms with Crippen molar-refractivity contribution in [3.8, 4) is 0 Å². The monoisotopic (exact) mass is 371 g/mol. The highest BCUT2D eigenvalue weighted by atomic mass is 35.5. The molecule has 0 saturated heterocycles. The first-order valence-corrected chi connectivity index (χ1v) is 8.20. The van der Waals surface area contributed by atoms with Crippen molar-refractivity contribution >= 4 is 29.1 Å². The maximum absolute atomic E-state index is 12.5. The van der Waals surface area contributed by atoms with E-state index in [0.29, 0.717) is 24.1 Å². The number of nitrogens with zero attached hydrogens (tertiary/aromatic N) is 4. The number of imidazole rings is 1. The number of aryl methyl sites for hydroxylation is 1. The zero-order valence-corrected chi connectivity index (χ0v) is 14.3. The maximum atomic E-state index is 12.5. The van der Waals surface area contributed by atoms with Gasteiger partial charge in [-0.3, -0.25) is 4.99 Å². The molecule has 1 aliphatic heterocycles. The van der Waals surface area contributed by atoms with E-state index in [2.05, 4.69) is 15.3 Å². The molecule has 0 aliphatic carbocycles. The number of benzene rings is 1. The van der Waals surface area contributed by atoms with Crippen molar-refractivity contribution in [2.75, 3.05) is 16.8 Å². The molecule has 0 unspecified atom stereocenters. The van der Waals surface area contributed by atoms with E-state index in [0.717, 1.165) is 17.2 Å². The minimum Gasteiger partial charge on any atom is -0.317 e. The molecule has 1 aliphatic rings. The molecule has 0 amide bonds. The number of guanidine groups is 1. The van der Waals surface area contributed by atoms with Gasteiger partial charge in [-0.05, 0) is 31.2 Å². The number of nitrogens with one attached hydrogen (secondary N) is 1. The third-order valence-electron chi connectivity index (χ3n) is 3.84. The van der Waals surface area contributed by atoms with Gasteiger partial charge >= 0.3 is 6.18 Å². The lowest BCUT2D eigenvalue weighted by molar-refractivity contribution is -0.132. The molecule has 0 spiro atoms. The van der Waals surface area contributed by atoms with Crippen LogP contribution in [0.1, 0.15) is 19.0 Å². The first kappa shape index (κ1) is 17.6. The average Bonchev–Trinajstić information content (AvgIpc) is 2.96. The summed E-state index contributed by atoms with van der Waals surface area (Å²) >= 11 is 5.92. The fourth-order valence-corrected chi connectivity index (χ4v) is 2.70. The van der Waals surface area contributed by atoms with Crippen LogP contribution < -0.4 is 10.2 Å². The number of aromatic nitrogens is 2. The van der Waals surface area contributed by atoms with Crippen molar-refractivity contribution in [2.45, 2.75) is 32.6 Å². The molecule has 0 radical (unpaired) electrons. The predicted molar refractivity (Wildman–Crippen MR) is 92.1 cm³/mol. The van der Waals surface area contributed by atoms with E-state index in [1.165, 1.54) is 0 Å². The second-order valence-electron chi connectivity index (χ2n) is 5.58. The van der Waals surface area contributed by atoms with Gasteiger partial charge in [0.25, 0.3) is 0 Å². The number of halogens is 4. The fraction of sp³-hybridized carbons (Fsp3) is 0.375. The molecule has 2 aromatic rings. The summed E-state index contributed by atoms with van der Waals surface area (Å²) in [5.41, 5.74) is 1.59. The van der Waals surface area contributed by atoms with Crippen LogP contribution in [-0.2, 0) is 13.1 Å². The lowest BCUT2D eigenvalue weighted by atomic mass is 10.2. The zero-order chi connectivity index (χ0) is 18.0. The lowest BCUT2D eigenvalue weighted by Gasteiger charge is -2.31. The van der Waals surface area contributed by atoms with E-state index in [1.807, 2.05) is 11.5 Å². The molecule has 2 heterocycles. The Morgan fingerprint density at radius 3 is 2.64 bits per heavy atom. The molecule has 1 N–H and O–H groups in total. The number of anilines is 2. The Balaban J connectivity index is 1.91. The molecule has 134 valence electrons. The number of hydrogen-bond donors (Lipinski definition) is 1. The Labute approximate surface area is 148 Å². The molecule has 5 nitrogen and oxygen atoms in total. The molecule has 25 heavy (non-hydrogen) atoms. The van der Waals surface area contributed by atoms with Gasteiger partial charge in [-0.2, -0.15) is 13.2 Å². The van der Waals surface area contributed by atoms with Gasteiger partial charge in [-0.25, -0.2) is 4.98 Å². The van der Waals surface area contributed by atoms with Gasteiger partial charge in [-0.15, -0.1) is 0 Å². The highest BCUT2D eigenvalue weighted by Crippen LogP contribution is 2.28. The molecular weight excluding hydrogens is 355 g/mol. The molecule has 3 rings (SSSR count). The van der Waals surface area contributed by atoms with E-state index < -0.39 is 12.6 Å². The van der Waals surface area contributed by atoms with Crippen molar-refractivity contribution < 1.29 is 13.2 Å². The molecule has 0 saturated carbocycles. The molecule has 9 heteroatoms. The lowest BCUT2D eigenvalue weighted by Crippen LogP contribution is -2.41. The van der Waals surface area contributed by atoms with Crippen LogP contribution in [0.4, 0.5) is 24.7 Å². The summed E-state index contributed by atoms with van der Waals surface area (Å²) in [6.07, 6.45) is -3.50. The van der Waals surface area contributed by atoms with Gasteiger partial charge in [-0.1, -0.05) is 11.6 Å². The van der Waals surface area contributed by atoms with Crippen LogP contribution >= 0.6 is 11.6 Å². The summed E-state index contributed by atoms with van der Waals surface area (Å²) < 4.78 is 39.2. The van der Waals surface area contributed by atoms with Crippen molar-refractivity contribution in [2.24, 2.45) is 4.99 Å². The van der Waals surface area contributed by atoms with Crippen molar-refractivity contribution in [1.82, 2.24) is 9.55 Å². The predicted octanol–water partition coefficient (Wildman–Crippen LogP) is 4.30. The molecule has 0 atom stereocenters. The van der Waals surface area contributed by atoms with Crippen LogP contribution in [0.3, 0.4) is 0 Å². The highest BCUT2D eigenvalue weighted by Gasteiger charge is 2.28. The SMILES string of the molecule is CCn1cnc2c1NC(=NCCC(F)(F)F)N(c1ccc(Cl)cc1)C2. The number of fused-ring (bicyclic) bond motifs is 1. The van der Waals surface area contributed by atoms with E-state index in [1.54, 1.807) is 35.5 Å². The average molecular weight is 372 g/mol. The van der Waals surface area contributed by atoms with Gasteiger partial charge < -0.3 is 14.8 Å². The van der Waals surface area contributed by atoms with Crippen LogP contribution in [0.2, 0.25) is 5.02 Å². The minimum absolute atomic E-state index is 0.342. The second-order valence-corrected chi connectivity index (χ2v) is 6.02. The third-order valence-corrected chi connectivity index (χ3v) is 4.10. The largest absolute Gasteiger partial charge is 0.390 e. The summed E-state index contributed by atoms with van der Waals surface area (Å²) in [7, 11) is 0. The number of alkyl halides is 3. The van der Waals surface area contributed by atoms with Gasteiger partial charge in [0, 0.05) is 17.3 Å². The Kier molecular flexibility index (Phi) is 4.89. The van der Waals surface area contributed by atoms with E-state index in [9.17, 15) is 13.2 Å². The standard InChI is InChI=1S/C16H17ClF3N5/c1-2-24-10-22-13-9-25(12-5-3-11(17)4-6-12)15(23-14(13)24)21-8-7-16(18,19)20/h3-6,10H,2,7-9H2,1H3,(H,21,23). The van der Waals surface area contributed by atoms with Crippen molar-refractivity contribution in [3.63, 3.8) is 0 Å². The second kappa shape index (κ2) is 6.95. The Morgan fingerprint density at radius 1 is 1.28 bits per heavy atom. The van der Waals surface area contributed by atoms with Crippen LogP contribution in [0.5, 0.6) is 0 Å². The van der Waals surface area contributed by atoms with Gasteiger partial charge in [0.05, 0.1) is 25.8 Å². The Hall–Kier alpha value is -2.22. The smallest absolute Gasteiger partial charge is 0.317 e. The first-order chi connectivity index (χ1) is 11.9. The summed E-state index contributed by atoms with van der Waals surface area (Å²) in [6, 6.07) is 7.05. The molecule has 0 bridgehead atoms. The summed E-state index contributed by atoms with van der Waals surface area (Å²) in [4.78, 5) is 10.3. The number of rotatable bonds is 4. The summed E-state index contributed by atoms with van der Waals surface area (Å²) in [5, 5.41) is 3.71. The van der Waals surface area contributed by atoms with Crippen molar-refractivity contribution in [3.05, 3.63) is 41.3 Å². The quantitative estimate of drug-likeness (QED) is 0.871. The van der Waals surface area contributed by atoms with E-state index in [4.69, 9.17) is 11.6 Å². The van der Waals surface area contributed by atoms with Gasteiger partial charge in [0.2, 0.25) is 5.96 Å². The highest BCUT2D eigenvalue weighted by molar-refractivity contribution is 6.30. The summed E-state index contributed by atoms with van der Waals surface area (Å²) in [5.74, 6) is 1.13. The van der Waals surface area contributed by atoms with E-state index in [-0.39, 0.29) is 6.54 Å². The van der Waals surface area contributed by atoms with Crippen LogP contribution in [0.25, 0.3) is 0 Å². The van der Waals surface area contributed by atoms with Gasteiger partial charge in [0.1, 0.15) is 11.5 Å². The first-order valence-electron chi connectivity index (χ1n) is 7.82. The molecular formula is C16H17ClF3N5. The normalized spacial score (nSPS) is 16.0. The summed E-state index contributed by atoms with van der Waals surface area (Å²) in [6.45, 7) is 2.75. The topological polar surface area (TPSA) is 45.5 Å². The Bertz CT molecular complexity index is 767. The van der Waals surface area contributed by atoms with Gasteiger partial charge in [0.15, 0.2) is 0 Å². The minimum atomic E-state index is -4.24. The Morgan fingerprint density at radius 2 is 2.00 bits per heavy atom. The number of aliphatic imine (C=N–C) groups is 1. The third kappa shape index (κ3) is 4.07. The number of hydrogen-bond acceptors (Lipinski definition) is 2. The molecule has 1 aromatic carbocycles. The van der Waals surface area contributed by atoms with Crippen molar-refractivity contribution in [1.29, 1.82) is 0 Å².